The van der Waals surface area contributed by atoms with Crippen LogP contribution in [0.15, 0.2) is 30.3 Å². The Bertz CT molecular complexity index is 468. The van der Waals surface area contributed by atoms with E-state index in [2.05, 4.69) is 89.1 Å². The minimum atomic E-state index is -1.29. The topological polar surface area (TPSA) is 15.7 Å². The maximum Gasteiger partial charge on any atom is 0.178 e. The molecule has 2 atom stereocenters. The van der Waals surface area contributed by atoms with Crippen molar-refractivity contribution in [2.45, 2.75) is 58.2 Å². The number of hydrogen-bond donors (Lipinski definition) is 0. The Balaban J connectivity index is 2.90. The molecule has 0 aliphatic rings. The van der Waals surface area contributed by atoms with Crippen LogP contribution in [0.5, 0.6) is 0 Å². The van der Waals surface area contributed by atoms with Crippen molar-refractivity contribution in [3.63, 3.8) is 0 Å². The van der Waals surface area contributed by atoms with Gasteiger partial charge in [-0.05, 0) is 77.4 Å². The van der Waals surface area contributed by atoms with Crippen LogP contribution in [0.1, 0.15) is 39.2 Å². The van der Waals surface area contributed by atoms with Crippen molar-refractivity contribution in [2.75, 3.05) is 41.3 Å². The average molecular weight is 379 g/mol. The molecule has 0 spiro atoms. The van der Waals surface area contributed by atoms with E-state index in [9.17, 15) is 0 Å². The first kappa shape index (κ1) is 23.4. The Labute approximate surface area is 164 Å². The SMILES string of the molecule is CCC(C)O[SiH](CCc1ccccc1)CC(CC)(CN(C)C)CN(C)C. The van der Waals surface area contributed by atoms with Crippen LogP contribution in [0.3, 0.4) is 0 Å². The van der Waals surface area contributed by atoms with E-state index in [0.717, 1.165) is 25.9 Å². The van der Waals surface area contributed by atoms with Crippen LogP contribution in [-0.4, -0.2) is 66.2 Å². The highest BCUT2D eigenvalue weighted by atomic mass is 28.3. The minimum Gasteiger partial charge on any atom is -0.417 e. The van der Waals surface area contributed by atoms with E-state index < -0.39 is 9.04 Å². The zero-order chi connectivity index (χ0) is 19.6. The second kappa shape index (κ2) is 11.9. The fourth-order valence-electron chi connectivity index (χ4n) is 3.99. The summed E-state index contributed by atoms with van der Waals surface area (Å²) in [6.45, 7) is 9.12. The van der Waals surface area contributed by atoms with Crippen molar-refractivity contribution in [3.05, 3.63) is 35.9 Å². The molecule has 26 heavy (non-hydrogen) atoms. The molecule has 3 nitrogen and oxygen atoms in total. The van der Waals surface area contributed by atoms with Crippen LogP contribution in [0.4, 0.5) is 0 Å². The van der Waals surface area contributed by atoms with Gasteiger partial charge in [-0.1, -0.05) is 44.2 Å². The van der Waals surface area contributed by atoms with Crippen LogP contribution in [0, 0.1) is 5.41 Å². The Morgan fingerprint density at radius 1 is 1.00 bits per heavy atom. The predicted octanol–water partition coefficient (Wildman–Crippen LogP) is 4.29. The van der Waals surface area contributed by atoms with Gasteiger partial charge in [0.2, 0.25) is 0 Å². The van der Waals surface area contributed by atoms with Gasteiger partial charge < -0.3 is 14.2 Å². The summed E-state index contributed by atoms with van der Waals surface area (Å²) < 4.78 is 6.64. The van der Waals surface area contributed by atoms with Crippen molar-refractivity contribution in [2.24, 2.45) is 5.41 Å². The highest BCUT2D eigenvalue weighted by Gasteiger charge is 2.34. The largest absolute Gasteiger partial charge is 0.417 e. The first-order chi connectivity index (χ1) is 12.3. The lowest BCUT2D eigenvalue weighted by molar-refractivity contribution is 0.142. The van der Waals surface area contributed by atoms with Crippen molar-refractivity contribution < 1.29 is 4.43 Å². The summed E-state index contributed by atoms with van der Waals surface area (Å²) in [4.78, 5) is 4.72. The Kier molecular flexibility index (Phi) is 10.7. The van der Waals surface area contributed by atoms with Gasteiger partial charge in [-0.2, -0.15) is 0 Å². The molecule has 0 radical (unpaired) electrons. The first-order valence-electron chi connectivity index (χ1n) is 10.3. The van der Waals surface area contributed by atoms with Crippen molar-refractivity contribution in [3.8, 4) is 0 Å². The molecule has 0 saturated heterocycles. The molecule has 0 amide bonds. The highest BCUT2D eigenvalue weighted by Crippen LogP contribution is 2.32. The molecule has 1 rings (SSSR count). The normalized spacial score (nSPS) is 14.8. The van der Waals surface area contributed by atoms with Crippen molar-refractivity contribution >= 4 is 9.04 Å². The summed E-state index contributed by atoms with van der Waals surface area (Å²) in [6.07, 6.45) is 3.85. The lowest BCUT2D eigenvalue weighted by atomic mass is 9.86. The van der Waals surface area contributed by atoms with Gasteiger partial charge in [-0.3, -0.25) is 0 Å². The molecule has 0 heterocycles. The summed E-state index contributed by atoms with van der Waals surface area (Å²) in [5.41, 5.74) is 1.77. The van der Waals surface area contributed by atoms with E-state index in [1.165, 1.54) is 24.1 Å². The minimum absolute atomic E-state index is 0.327. The summed E-state index contributed by atoms with van der Waals surface area (Å²) >= 11 is 0. The van der Waals surface area contributed by atoms with E-state index >= 15 is 0 Å². The molecule has 4 heteroatoms. The second-order valence-corrected chi connectivity index (χ2v) is 11.0. The molecule has 0 bridgehead atoms. The van der Waals surface area contributed by atoms with E-state index in [0.29, 0.717) is 11.5 Å². The van der Waals surface area contributed by atoms with E-state index in [1.54, 1.807) is 0 Å². The first-order valence-corrected chi connectivity index (χ1v) is 12.4. The number of aryl methyl sites for hydroxylation is 1. The van der Waals surface area contributed by atoms with Crippen LogP contribution in [-0.2, 0) is 10.8 Å². The maximum atomic E-state index is 6.64. The summed E-state index contributed by atoms with van der Waals surface area (Å²) in [5.74, 6) is 0. The molecule has 0 fully saturated rings. The molecule has 0 saturated carbocycles. The smallest absolute Gasteiger partial charge is 0.178 e. The second-order valence-electron chi connectivity index (χ2n) is 8.53. The molecular formula is C22H42N2OSi. The van der Waals surface area contributed by atoms with Gasteiger partial charge in [0, 0.05) is 19.2 Å². The predicted molar refractivity (Wildman–Crippen MR) is 118 cm³/mol. The van der Waals surface area contributed by atoms with Gasteiger partial charge in [-0.15, -0.1) is 0 Å². The van der Waals surface area contributed by atoms with Crippen molar-refractivity contribution in [1.82, 2.24) is 9.80 Å². The van der Waals surface area contributed by atoms with Gasteiger partial charge in [0.15, 0.2) is 9.04 Å². The number of hydrogen-bond acceptors (Lipinski definition) is 3. The van der Waals surface area contributed by atoms with Gasteiger partial charge in [0.05, 0.1) is 0 Å². The summed E-state index contributed by atoms with van der Waals surface area (Å²) in [6, 6.07) is 13.4. The lowest BCUT2D eigenvalue weighted by Gasteiger charge is -2.40. The zero-order valence-corrected chi connectivity index (χ0v) is 19.4. The van der Waals surface area contributed by atoms with Gasteiger partial charge in [0.1, 0.15) is 0 Å². The molecule has 0 aliphatic heterocycles. The molecule has 0 aliphatic carbocycles. The molecular weight excluding hydrogens is 336 g/mol. The quantitative estimate of drug-likeness (QED) is 0.476. The third-order valence-corrected chi connectivity index (χ3v) is 8.41. The fourth-order valence-corrected chi connectivity index (χ4v) is 7.44. The fraction of sp³-hybridized carbons (Fsp3) is 0.727. The zero-order valence-electron chi connectivity index (χ0n) is 18.3. The maximum absolute atomic E-state index is 6.64. The summed E-state index contributed by atoms with van der Waals surface area (Å²) in [7, 11) is 7.53. The third kappa shape index (κ3) is 8.80. The number of nitrogens with zero attached hydrogens (tertiary/aromatic N) is 2. The van der Waals surface area contributed by atoms with Crippen LogP contribution < -0.4 is 0 Å². The van der Waals surface area contributed by atoms with E-state index in [4.69, 9.17) is 4.43 Å². The monoisotopic (exact) mass is 378 g/mol. The number of benzene rings is 1. The van der Waals surface area contributed by atoms with E-state index in [1.807, 2.05) is 0 Å². The summed E-state index contributed by atoms with van der Waals surface area (Å²) in [5, 5.41) is 0. The average Bonchev–Trinajstić information content (AvgIpc) is 2.59. The standard InChI is InChI=1S/C22H42N2OSi/c1-8-20(3)25-26(16-15-21-13-11-10-12-14-21)19-22(9-2,17-23(4)5)18-24(6)7/h10-14,20,26H,8-9,15-19H2,1-7H3. The molecule has 0 N–H and O–H groups in total. The van der Waals surface area contributed by atoms with Crippen LogP contribution in [0.2, 0.25) is 12.1 Å². The molecule has 1 aromatic carbocycles. The van der Waals surface area contributed by atoms with Crippen LogP contribution >= 0.6 is 0 Å². The number of rotatable bonds is 13. The highest BCUT2D eigenvalue weighted by molar-refractivity contribution is 6.52. The Morgan fingerprint density at radius 3 is 2.04 bits per heavy atom. The molecule has 150 valence electrons. The molecule has 1 aromatic rings. The lowest BCUT2D eigenvalue weighted by Crippen LogP contribution is -2.45. The van der Waals surface area contributed by atoms with Crippen molar-refractivity contribution in [1.29, 1.82) is 0 Å². The van der Waals surface area contributed by atoms with Gasteiger partial charge in [0.25, 0.3) is 0 Å². The Morgan fingerprint density at radius 2 is 1.58 bits per heavy atom. The Hall–Kier alpha value is -0.683. The third-order valence-electron chi connectivity index (χ3n) is 5.31. The molecule has 0 aromatic heterocycles. The van der Waals surface area contributed by atoms with Crippen LogP contribution in [0.25, 0.3) is 0 Å². The van der Waals surface area contributed by atoms with E-state index in [-0.39, 0.29) is 0 Å². The molecule has 2 unspecified atom stereocenters. The van der Waals surface area contributed by atoms with Gasteiger partial charge >= 0.3 is 0 Å². The van der Waals surface area contributed by atoms with Gasteiger partial charge in [-0.25, -0.2) is 0 Å².